The van der Waals surface area contributed by atoms with Crippen molar-refractivity contribution < 1.29 is 19.1 Å². The number of hydrogen-bond donors (Lipinski definition) is 2. The Morgan fingerprint density at radius 2 is 1.73 bits per heavy atom. The Bertz CT molecular complexity index is 857. The van der Waals surface area contributed by atoms with Crippen LogP contribution in [0.3, 0.4) is 0 Å². The van der Waals surface area contributed by atoms with Crippen LogP contribution in [0.5, 0.6) is 0 Å². The smallest absolute Gasteiger partial charge is 0.342 e. The summed E-state index contributed by atoms with van der Waals surface area (Å²) in [5.41, 5.74) is 2.60. The summed E-state index contributed by atoms with van der Waals surface area (Å²) < 4.78 is 5.33. The Morgan fingerprint density at radius 3 is 2.35 bits per heavy atom. The molecule has 0 saturated carbocycles. The number of anilines is 2. The van der Waals surface area contributed by atoms with E-state index in [4.69, 9.17) is 4.74 Å². The molecular formula is C19H22N2O4S. The molecule has 7 heteroatoms. The summed E-state index contributed by atoms with van der Waals surface area (Å²) in [6.07, 6.45) is -0.980. The number of ether oxygens (including phenoxy) is 1. The lowest BCUT2D eigenvalue weighted by molar-refractivity contribution is -0.123. The first-order valence-corrected chi connectivity index (χ1v) is 8.97. The number of hydrogen-bond acceptors (Lipinski definition) is 5. The van der Waals surface area contributed by atoms with Gasteiger partial charge in [-0.1, -0.05) is 18.2 Å². The molecule has 2 aromatic rings. The summed E-state index contributed by atoms with van der Waals surface area (Å²) in [5, 5.41) is 5.83. The standard InChI is InChI=1S/C19H22N2O4S/c1-10-8-6-7-9-15(10)21-17(23)12(3)25-19(24)16-11(2)13(4)26-18(16)20-14(5)22/h6-9,12H,1-5H3,(H,20,22)(H,21,23)/t12-/m1/s1. The van der Waals surface area contributed by atoms with E-state index in [0.717, 1.165) is 16.0 Å². The van der Waals surface area contributed by atoms with E-state index >= 15 is 0 Å². The van der Waals surface area contributed by atoms with Gasteiger partial charge in [0.25, 0.3) is 5.91 Å². The fraction of sp³-hybridized carbons (Fsp3) is 0.316. The van der Waals surface area contributed by atoms with Gasteiger partial charge in [0.15, 0.2) is 6.10 Å². The van der Waals surface area contributed by atoms with Crippen LogP contribution in [0.4, 0.5) is 10.7 Å². The third-order valence-corrected chi connectivity index (χ3v) is 5.06. The molecule has 0 saturated heterocycles. The maximum atomic E-state index is 12.6. The molecule has 1 aromatic heterocycles. The maximum Gasteiger partial charge on any atom is 0.342 e. The number of benzene rings is 1. The lowest BCUT2D eigenvalue weighted by Crippen LogP contribution is -2.30. The van der Waals surface area contributed by atoms with Crippen molar-refractivity contribution in [2.45, 2.75) is 40.7 Å². The molecule has 0 aliphatic heterocycles. The molecule has 1 aromatic carbocycles. The monoisotopic (exact) mass is 374 g/mol. The average Bonchev–Trinajstić information content (AvgIpc) is 2.82. The van der Waals surface area contributed by atoms with E-state index in [1.165, 1.54) is 25.2 Å². The zero-order chi connectivity index (χ0) is 19.4. The number of para-hydroxylation sites is 1. The summed E-state index contributed by atoms with van der Waals surface area (Å²) in [6, 6.07) is 7.35. The molecule has 0 bridgehead atoms. The van der Waals surface area contributed by atoms with Gasteiger partial charge in [-0.2, -0.15) is 0 Å². The normalized spacial score (nSPS) is 11.6. The summed E-state index contributed by atoms with van der Waals surface area (Å²) in [4.78, 5) is 37.2. The minimum Gasteiger partial charge on any atom is -0.449 e. The first-order valence-electron chi connectivity index (χ1n) is 8.15. The van der Waals surface area contributed by atoms with Gasteiger partial charge < -0.3 is 15.4 Å². The molecule has 1 atom stereocenters. The molecule has 138 valence electrons. The minimum atomic E-state index is -0.980. The summed E-state index contributed by atoms with van der Waals surface area (Å²) in [7, 11) is 0. The number of rotatable bonds is 5. The summed E-state index contributed by atoms with van der Waals surface area (Å²) in [6.45, 7) is 8.40. The van der Waals surface area contributed by atoms with Crippen molar-refractivity contribution in [1.29, 1.82) is 0 Å². The van der Waals surface area contributed by atoms with E-state index in [0.29, 0.717) is 16.3 Å². The quantitative estimate of drug-likeness (QED) is 0.779. The minimum absolute atomic E-state index is 0.273. The SMILES string of the molecule is CC(=O)Nc1sc(C)c(C)c1C(=O)O[C@H](C)C(=O)Nc1ccccc1C. The van der Waals surface area contributed by atoms with Gasteiger partial charge in [-0.25, -0.2) is 4.79 Å². The molecule has 0 aliphatic rings. The number of esters is 1. The number of aryl methyl sites for hydroxylation is 2. The molecule has 2 amide bonds. The molecule has 6 nitrogen and oxygen atoms in total. The van der Waals surface area contributed by atoms with Gasteiger partial charge in [-0.3, -0.25) is 9.59 Å². The average molecular weight is 374 g/mol. The summed E-state index contributed by atoms with van der Waals surface area (Å²) in [5.74, 6) is -1.33. The first kappa shape index (κ1) is 19.7. The molecule has 0 unspecified atom stereocenters. The molecule has 1 heterocycles. The lowest BCUT2D eigenvalue weighted by atomic mass is 10.1. The largest absolute Gasteiger partial charge is 0.449 e. The Hall–Kier alpha value is -2.67. The fourth-order valence-electron chi connectivity index (χ4n) is 2.34. The van der Waals surface area contributed by atoms with Crippen molar-refractivity contribution in [3.8, 4) is 0 Å². The van der Waals surface area contributed by atoms with Crippen LogP contribution in [0, 0.1) is 20.8 Å². The maximum absolute atomic E-state index is 12.6. The van der Waals surface area contributed by atoms with Crippen LogP contribution in [-0.4, -0.2) is 23.9 Å². The van der Waals surface area contributed by atoms with Gasteiger partial charge in [0.05, 0.1) is 5.56 Å². The number of thiophene rings is 1. The third-order valence-electron chi connectivity index (χ3n) is 3.93. The van der Waals surface area contributed by atoms with E-state index in [1.54, 1.807) is 13.0 Å². The van der Waals surface area contributed by atoms with E-state index in [1.807, 2.05) is 32.0 Å². The van der Waals surface area contributed by atoms with Crippen molar-refractivity contribution in [3.05, 3.63) is 45.8 Å². The lowest BCUT2D eigenvalue weighted by Gasteiger charge is -2.15. The van der Waals surface area contributed by atoms with Crippen LogP contribution in [0.1, 0.15) is 40.2 Å². The van der Waals surface area contributed by atoms with Crippen molar-refractivity contribution in [2.24, 2.45) is 0 Å². The second kappa shape index (κ2) is 8.14. The highest BCUT2D eigenvalue weighted by Gasteiger charge is 2.25. The predicted molar refractivity (Wildman–Crippen MR) is 103 cm³/mol. The number of carbonyl (C=O) groups is 3. The van der Waals surface area contributed by atoms with Gasteiger partial charge in [-0.05, 0) is 44.9 Å². The van der Waals surface area contributed by atoms with Crippen molar-refractivity contribution >= 4 is 39.8 Å². The van der Waals surface area contributed by atoms with Crippen LogP contribution in [0.2, 0.25) is 0 Å². The molecule has 0 fully saturated rings. The van der Waals surface area contributed by atoms with Crippen LogP contribution < -0.4 is 10.6 Å². The zero-order valence-electron chi connectivity index (χ0n) is 15.4. The van der Waals surface area contributed by atoms with E-state index < -0.39 is 18.0 Å². The Balaban J connectivity index is 2.13. The summed E-state index contributed by atoms with van der Waals surface area (Å²) >= 11 is 1.30. The van der Waals surface area contributed by atoms with Crippen LogP contribution in [-0.2, 0) is 14.3 Å². The zero-order valence-corrected chi connectivity index (χ0v) is 16.2. The van der Waals surface area contributed by atoms with Crippen molar-refractivity contribution in [1.82, 2.24) is 0 Å². The van der Waals surface area contributed by atoms with Crippen molar-refractivity contribution in [2.75, 3.05) is 10.6 Å². The highest BCUT2D eigenvalue weighted by atomic mass is 32.1. The number of nitrogens with one attached hydrogen (secondary N) is 2. The van der Waals surface area contributed by atoms with Crippen molar-refractivity contribution in [3.63, 3.8) is 0 Å². The predicted octanol–water partition coefficient (Wildman–Crippen LogP) is 3.82. The van der Waals surface area contributed by atoms with Gasteiger partial charge in [0, 0.05) is 17.5 Å². The highest BCUT2D eigenvalue weighted by Crippen LogP contribution is 2.33. The van der Waals surface area contributed by atoms with Gasteiger partial charge in [-0.15, -0.1) is 11.3 Å². The fourth-order valence-corrected chi connectivity index (χ4v) is 3.44. The van der Waals surface area contributed by atoms with E-state index in [9.17, 15) is 14.4 Å². The van der Waals surface area contributed by atoms with Gasteiger partial charge >= 0.3 is 5.97 Å². The van der Waals surface area contributed by atoms with Gasteiger partial charge in [0.1, 0.15) is 5.00 Å². The van der Waals surface area contributed by atoms with Crippen LogP contribution in [0.25, 0.3) is 0 Å². The molecule has 2 rings (SSSR count). The topological polar surface area (TPSA) is 84.5 Å². The van der Waals surface area contributed by atoms with Gasteiger partial charge in [0.2, 0.25) is 5.91 Å². The molecule has 26 heavy (non-hydrogen) atoms. The number of carbonyl (C=O) groups excluding carboxylic acids is 3. The third kappa shape index (κ3) is 4.49. The first-order chi connectivity index (χ1) is 12.2. The molecule has 0 radical (unpaired) electrons. The van der Waals surface area contributed by atoms with E-state index in [-0.39, 0.29) is 5.91 Å². The van der Waals surface area contributed by atoms with E-state index in [2.05, 4.69) is 10.6 Å². The highest BCUT2D eigenvalue weighted by molar-refractivity contribution is 7.16. The van der Waals surface area contributed by atoms with Crippen LogP contribution >= 0.6 is 11.3 Å². The Morgan fingerprint density at radius 1 is 1.08 bits per heavy atom. The number of amides is 2. The second-order valence-electron chi connectivity index (χ2n) is 6.02. The molecule has 0 aliphatic carbocycles. The second-order valence-corrected chi connectivity index (χ2v) is 7.25. The molecule has 2 N–H and O–H groups in total. The molecule has 0 spiro atoms. The Labute approximate surface area is 156 Å². The molecular weight excluding hydrogens is 352 g/mol. The Kier molecular flexibility index (Phi) is 6.15. The van der Waals surface area contributed by atoms with Crippen LogP contribution in [0.15, 0.2) is 24.3 Å².